The van der Waals surface area contributed by atoms with Crippen LogP contribution in [0.3, 0.4) is 0 Å². The molecule has 4 N–H and O–H groups in total. The molecule has 0 radical (unpaired) electrons. The SMILES string of the molecule is COc1nc(-c2cccc(-c3cccc(-c4ccn5c(=O)c(CN6C[C@@H](O)[C@@H](O)C6)cnc5c4)c3Cl)c2Cl)ccc1CNC[C@H]1CCC(=O)N1. The van der Waals surface area contributed by atoms with Crippen LogP contribution in [0.4, 0.5) is 0 Å². The van der Waals surface area contributed by atoms with Gasteiger partial charge in [0.1, 0.15) is 5.65 Å². The third kappa shape index (κ3) is 6.85. The number of halogens is 2. The number of aromatic nitrogens is 3. The van der Waals surface area contributed by atoms with E-state index in [9.17, 15) is 19.8 Å². The number of hydrogen-bond donors (Lipinski definition) is 4. The largest absolute Gasteiger partial charge is 0.481 e. The van der Waals surface area contributed by atoms with E-state index in [0.29, 0.717) is 65.4 Å². The number of β-amino-alcohol motifs (C(OH)–C–C–N with tert-alkyl or cyclic N) is 2. The quantitative estimate of drug-likeness (QED) is 0.167. The lowest BCUT2D eigenvalue weighted by atomic mass is 9.97. The highest BCUT2D eigenvalue weighted by molar-refractivity contribution is 6.39. The molecule has 11 nitrogen and oxygen atoms in total. The Morgan fingerprint density at radius 3 is 2.34 bits per heavy atom. The van der Waals surface area contributed by atoms with Gasteiger partial charge < -0.3 is 25.6 Å². The lowest BCUT2D eigenvalue weighted by molar-refractivity contribution is -0.119. The number of amides is 1. The fourth-order valence-corrected chi connectivity index (χ4v) is 7.31. The predicted molar refractivity (Wildman–Crippen MR) is 192 cm³/mol. The summed E-state index contributed by atoms with van der Waals surface area (Å²) in [5.74, 6) is 0.572. The number of nitrogens with zero attached hydrogens (tertiary/aromatic N) is 4. The van der Waals surface area contributed by atoms with Gasteiger partial charge in [0.05, 0.1) is 40.6 Å². The fourth-order valence-electron chi connectivity index (χ4n) is 6.65. The average molecular weight is 716 g/mol. The maximum Gasteiger partial charge on any atom is 0.262 e. The number of aliphatic hydroxyl groups is 2. The Morgan fingerprint density at radius 2 is 1.64 bits per heavy atom. The van der Waals surface area contributed by atoms with Gasteiger partial charge in [0.2, 0.25) is 11.8 Å². The molecule has 0 saturated carbocycles. The van der Waals surface area contributed by atoms with Gasteiger partial charge in [0.25, 0.3) is 5.56 Å². The molecule has 0 unspecified atom stereocenters. The molecule has 3 aromatic heterocycles. The van der Waals surface area contributed by atoms with E-state index in [2.05, 4.69) is 15.6 Å². The first-order valence-corrected chi connectivity index (χ1v) is 17.2. The normalized spacial score (nSPS) is 19.3. The van der Waals surface area contributed by atoms with Gasteiger partial charge in [0, 0.05) is 85.4 Å². The van der Waals surface area contributed by atoms with Gasteiger partial charge in [-0.1, -0.05) is 65.7 Å². The van der Waals surface area contributed by atoms with Crippen molar-refractivity contribution in [1.29, 1.82) is 0 Å². The third-order valence-electron chi connectivity index (χ3n) is 9.31. The number of pyridine rings is 2. The number of nitrogens with one attached hydrogen (secondary N) is 2. The van der Waals surface area contributed by atoms with Crippen molar-refractivity contribution < 1.29 is 19.7 Å². The molecule has 2 saturated heterocycles. The van der Waals surface area contributed by atoms with E-state index < -0.39 is 12.2 Å². The Balaban J connectivity index is 1.13. The molecule has 0 aliphatic carbocycles. The van der Waals surface area contributed by atoms with E-state index in [-0.39, 0.29) is 24.1 Å². The Hall–Kier alpha value is -4.36. The monoisotopic (exact) mass is 714 g/mol. The van der Waals surface area contributed by atoms with Crippen LogP contribution in [0.1, 0.15) is 24.0 Å². The van der Waals surface area contributed by atoms with Crippen molar-refractivity contribution in [2.75, 3.05) is 26.7 Å². The minimum Gasteiger partial charge on any atom is -0.481 e. The second kappa shape index (κ2) is 14.5. The van der Waals surface area contributed by atoms with Gasteiger partial charge in [-0.05, 0) is 30.2 Å². The van der Waals surface area contributed by atoms with E-state index in [1.807, 2.05) is 65.6 Å². The van der Waals surface area contributed by atoms with Crippen molar-refractivity contribution in [3.05, 3.63) is 105 Å². The first-order valence-electron chi connectivity index (χ1n) is 16.4. The zero-order valence-corrected chi connectivity index (χ0v) is 28.8. The number of hydrogen-bond acceptors (Lipinski definition) is 9. The summed E-state index contributed by atoms with van der Waals surface area (Å²) in [4.78, 5) is 35.9. The minimum atomic E-state index is -0.828. The van der Waals surface area contributed by atoms with Crippen LogP contribution >= 0.6 is 23.2 Å². The summed E-state index contributed by atoms with van der Waals surface area (Å²) in [6, 6.07) is 19.1. The van der Waals surface area contributed by atoms with Crippen LogP contribution in [0, 0.1) is 0 Å². The minimum absolute atomic E-state index is 0.0887. The van der Waals surface area contributed by atoms with Gasteiger partial charge in [-0.25, -0.2) is 9.97 Å². The number of aliphatic hydroxyl groups excluding tert-OH is 2. The van der Waals surface area contributed by atoms with Crippen LogP contribution in [0.2, 0.25) is 10.0 Å². The van der Waals surface area contributed by atoms with Gasteiger partial charge >= 0.3 is 0 Å². The molecule has 2 aliphatic heterocycles. The molecular weight excluding hydrogens is 679 g/mol. The molecule has 2 fully saturated rings. The maximum atomic E-state index is 13.3. The summed E-state index contributed by atoms with van der Waals surface area (Å²) in [6.45, 7) is 2.07. The van der Waals surface area contributed by atoms with E-state index in [0.717, 1.165) is 39.8 Å². The molecule has 5 aromatic rings. The summed E-state index contributed by atoms with van der Waals surface area (Å²) >= 11 is 14.2. The van der Waals surface area contributed by atoms with Gasteiger partial charge in [-0.2, -0.15) is 0 Å². The van der Waals surface area contributed by atoms with Crippen molar-refractivity contribution in [1.82, 2.24) is 29.9 Å². The molecule has 1 amide bonds. The fraction of sp³-hybridized carbons (Fsp3) is 0.297. The molecule has 258 valence electrons. The number of rotatable bonds is 10. The van der Waals surface area contributed by atoms with Crippen molar-refractivity contribution >= 4 is 34.8 Å². The average Bonchev–Trinajstić information content (AvgIpc) is 3.68. The summed E-state index contributed by atoms with van der Waals surface area (Å²) in [6.07, 6.45) is 2.96. The van der Waals surface area contributed by atoms with Gasteiger partial charge in [0.15, 0.2) is 0 Å². The van der Waals surface area contributed by atoms with Crippen LogP contribution in [-0.4, -0.2) is 80.4 Å². The molecular formula is C37H36Cl2N6O5. The Kier molecular flexibility index (Phi) is 9.87. The smallest absolute Gasteiger partial charge is 0.262 e. The van der Waals surface area contributed by atoms with Crippen LogP contribution in [0.5, 0.6) is 5.88 Å². The van der Waals surface area contributed by atoms with Crippen LogP contribution in [-0.2, 0) is 17.9 Å². The lowest BCUT2D eigenvalue weighted by Gasteiger charge is -2.16. The van der Waals surface area contributed by atoms with Crippen molar-refractivity contribution in [3.63, 3.8) is 0 Å². The molecule has 13 heteroatoms. The number of benzene rings is 2. The van der Waals surface area contributed by atoms with E-state index in [4.69, 9.17) is 32.9 Å². The van der Waals surface area contributed by atoms with Crippen molar-refractivity contribution in [2.45, 2.75) is 44.2 Å². The van der Waals surface area contributed by atoms with E-state index in [1.54, 1.807) is 19.5 Å². The van der Waals surface area contributed by atoms with E-state index in [1.165, 1.54) is 4.40 Å². The molecule has 2 aliphatic rings. The molecule has 5 heterocycles. The maximum absolute atomic E-state index is 13.3. The Labute approximate surface area is 298 Å². The standard InChI is InChI=1S/C37H36Cl2N6O5/c1-50-36-22(15-40-17-24-9-11-33(48)42-24)8-10-29(43-36)28-7-3-6-27(35(28)39)26-5-2-4-25(34(26)38)21-12-13-45-32(14-21)41-16-23(37(45)49)18-44-19-30(46)31(47)20-44/h2-8,10,12-14,16,24,30-31,40,46-47H,9,11,15,17-20H2,1H3,(H,42,48)/t24-,30-,31+/m1/s1. The molecule has 50 heavy (non-hydrogen) atoms. The highest BCUT2D eigenvalue weighted by Crippen LogP contribution is 2.42. The van der Waals surface area contributed by atoms with Gasteiger partial charge in [-0.3, -0.25) is 18.9 Å². The van der Waals surface area contributed by atoms with Crippen LogP contribution in [0.15, 0.2) is 77.9 Å². The Morgan fingerprint density at radius 1 is 0.940 bits per heavy atom. The van der Waals surface area contributed by atoms with Crippen molar-refractivity contribution in [2.24, 2.45) is 0 Å². The third-order valence-corrected chi connectivity index (χ3v) is 10.1. The summed E-state index contributed by atoms with van der Waals surface area (Å²) in [7, 11) is 1.58. The number of ether oxygens (including phenoxy) is 1. The number of methoxy groups -OCH3 is 1. The number of carbonyl (C=O) groups excluding carboxylic acids is 1. The number of carbonyl (C=O) groups is 1. The van der Waals surface area contributed by atoms with E-state index >= 15 is 0 Å². The highest BCUT2D eigenvalue weighted by Gasteiger charge is 2.30. The topological polar surface area (TPSA) is 141 Å². The lowest BCUT2D eigenvalue weighted by Crippen LogP contribution is -2.35. The molecule has 2 aromatic carbocycles. The molecule has 0 spiro atoms. The second-order valence-corrected chi connectivity index (χ2v) is 13.5. The molecule has 7 rings (SSSR count). The predicted octanol–water partition coefficient (Wildman–Crippen LogP) is 4.31. The summed E-state index contributed by atoms with van der Waals surface area (Å²) in [5, 5.41) is 27.1. The first-order chi connectivity index (χ1) is 24.2. The zero-order chi connectivity index (χ0) is 34.9. The summed E-state index contributed by atoms with van der Waals surface area (Å²) < 4.78 is 7.12. The molecule has 0 bridgehead atoms. The second-order valence-electron chi connectivity index (χ2n) is 12.7. The molecule has 3 atom stereocenters. The number of fused-ring (bicyclic) bond motifs is 1. The van der Waals surface area contributed by atoms with Crippen LogP contribution in [0.25, 0.3) is 39.2 Å². The zero-order valence-electron chi connectivity index (χ0n) is 27.3. The van der Waals surface area contributed by atoms with Crippen molar-refractivity contribution in [3.8, 4) is 39.4 Å². The number of likely N-dealkylation sites (tertiary alicyclic amines) is 1. The highest BCUT2D eigenvalue weighted by atomic mass is 35.5. The summed E-state index contributed by atoms with van der Waals surface area (Å²) in [5.41, 5.74) is 5.98. The van der Waals surface area contributed by atoms with Gasteiger partial charge in [-0.15, -0.1) is 0 Å². The Bertz CT molecular complexity index is 2130. The first kappa shape index (κ1) is 34.1. The van der Waals surface area contributed by atoms with Crippen LogP contribution < -0.4 is 20.9 Å².